The van der Waals surface area contributed by atoms with Gasteiger partial charge in [0.2, 0.25) is 0 Å². The quantitative estimate of drug-likeness (QED) is 0.333. The molecule has 0 unspecified atom stereocenters. The normalized spacial score (nSPS) is 11.1. The Kier molecular flexibility index (Phi) is 7.67. The van der Waals surface area contributed by atoms with Crippen molar-refractivity contribution in [3.05, 3.63) is 48.0 Å². The van der Waals surface area contributed by atoms with Crippen LogP contribution in [-0.4, -0.2) is 31.2 Å². The number of hydrogen-bond donors (Lipinski definition) is 1. The van der Waals surface area contributed by atoms with E-state index in [1.165, 1.54) is 37.4 Å². The number of phenols is 1. The van der Waals surface area contributed by atoms with Gasteiger partial charge in [0.15, 0.2) is 0 Å². The zero-order valence-corrected chi connectivity index (χ0v) is 16.8. The van der Waals surface area contributed by atoms with Gasteiger partial charge in [-0.25, -0.2) is 13.2 Å². The summed E-state index contributed by atoms with van der Waals surface area (Å²) in [7, 11) is -3.33. The number of methoxy groups -OCH3 is 1. The summed E-state index contributed by atoms with van der Waals surface area (Å²) in [6.45, 7) is 0. The Morgan fingerprint density at radius 1 is 1.08 bits per heavy atom. The summed E-state index contributed by atoms with van der Waals surface area (Å²) >= 11 is 0. The molecular weight excluding hydrogens is 363 g/mol. The standard InChI is InChI=1S/C14H12N2O6S.K/c1-22-14(18)12-8-10(4-7-13(12)17)16-15-9-2-5-11(6-3-9)23(19,20)21;/h2-8,17H,1H3,(H,19,20,21);/q;+1/p-1. The molecule has 0 spiro atoms. The molecular formula is C14H11KN2O6S. The van der Waals surface area contributed by atoms with E-state index in [0.717, 1.165) is 12.1 Å². The van der Waals surface area contributed by atoms with Crippen molar-refractivity contribution >= 4 is 27.5 Å². The SMILES string of the molecule is COC(=O)c1cc(N=Nc2ccc(S(=O)(=O)[O-])cc2)ccc1O.[K+]. The molecule has 8 nitrogen and oxygen atoms in total. The van der Waals surface area contributed by atoms with Crippen molar-refractivity contribution in [1.82, 2.24) is 0 Å². The molecule has 0 heterocycles. The molecule has 2 aromatic carbocycles. The summed E-state index contributed by atoms with van der Waals surface area (Å²) in [5.41, 5.74) is 0.533. The van der Waals surface area contributed by atoms with E-state index < -0.39 is 16.1 Å². The maximum absolute atomic E-state index is 11.5. The van der Waals surface area contributed by atoms with Gasteiger partial charge in [-0.1, -0.05) is 0 Å². The zero-order valence-electron chi connectivity index (χ0n) is 12.8. The van der Waals surface area contributed by atoms with Crippen LogP contribution >= 0.6 is 0 Å². The molecule has 0 radical (unpaired) electrons. The van der Waals surface area contributed by atoms with E-state index in [0.29, 0.717) is 5.69 Å². The van der Waals surface area contributed by atoms with Gasteiger partial charge >= 0.3 is 57.4 Å². The molecule has 0 aromatic heterocycles. The summed E-state index contributed by atoms with van der Waals surface area (Å²) < 4.78 is 36.9. The first-order valence-electron chi connectivity index (χ1n) is 6.20. The third kappa shape index (κ3) is 5.45. The number of carbonyl (C=O) groups excluding carboxylic acids is 1. The second kappa shape index (κ2) is 8.81. The van der Waals surface area contributed by atoms with Crippen molar-refractivity contribution in [3.8, 4) is 5.75 Å². The van der Waals surface area contributed by atoms with E-state index in [1.54, 1.807) is 0 Å². The van der Waals surface area contributed by atoms with Crippen LogP contribution < -0.4 is 51.4 Å². The van der Waals surface area contributed by atoms with Crippen LogP contribution in [0.3, 0.4) is 0 Å². The number of ether oxygens (including phenoxy) is 1. The largest absolute Gasteiger partial charge is 1.00 e. The van der Waals surface area contributed by atoms with Gasteiger partial charge in [0.05, 0.1) is 23.4 Å². The third-order valence-corrected chi connectivity index (χ3v) is 3.64. The number of carbonyl (C=O) groups is 1. The van der Waals surface area contributed by atoms with Gasteiger partial charge in [-0.2, -0.15) is 10.2 Å². The van der Waals surface area contributed by atoms with Crippen molar-refractivity contribution < 1.29 is 79.0 Å². The van der Waals surface area contributed by atoms with Crippen molar-refractivity contribution in [2.75, 3.05) is 7.11 Å². The third-order valence-electron chi connectivity index (χ3n) is 2.79. The number of azo groups is 1. The number of benzene rings is 2. The summed E-state index contributed by atoms with van der Waals surface area (Å²) in [5, 5.41) is 17.3. The van der Waals surface area contributed by atoms with Gasteiger partial charge in [0, 0.05) is 0 Å². The molecule has 0 amide bonds. The monoisotopic (exact) mass is 374 g/mol. The first kappa shape index (κ1) is 20.9. The Morgan fingerprint density at radius 3 is 2.17 bits per heavy atom. The van der Waals surface area contributed by atoms with Gasteiger partial charge in [-0.05, 0) is 42.5 Å². The number of phenolic OH excluding ortho intramolecular Hbond substituents is 1. The van der Waals surface area contributed by atoms with Crippen LogP contribution in [0.15, 0.2) is 57.6 Å². The number of aromatic hydroxyl groups is 1. The molecule has 0 bridgehead atoms. The van der Waals surface area contributed by atoms with Crippen LogP contribution in [0.1, 0.15) is 10.4 Å². The molecule has 24 heavy (non-hydrogen) atoms. The van der Waals surface area contributed by atoms with E-state index in [9.17, 15) is 22.9 Å². The fraction of sp³-hybridized carbons (Fsp3) is 0.0714. The molecule has 2 rings (SSSR count). The smallest absolute Gasteiger partial charge is 0.744 e. The Hall–Kier alpha value is -1.14. The molecule has 120 valence electrons. The maximum atomic E-state index is 11.5. The van der Waals surface area contributed by atoms with Crippen LogP contribution in [0.25, 0.3) is 0 Å². The maximum Gasteiger partial charge on any atom is 1.00 e. The molecule has 2 aromatic rings. The second-order valence-corrected chi connectivity index (χ2v) is 5.72. The van der Waals surface area contributed by atoms with E-state index in [1.807, 2.05) is 0 Å². The van der Waals surface area contributed by atoms with Crippen molar-refractivity contribution in [3.63, 3.8) is 0 Å². The van der Waals surface area contributed by atoms with Gasteiger partial charge in [-0.3, -0.25) is 0 Å². The van der Waals surface area contributed by atoms with Crippen LogP contribution in [-0.2, 0) is 14.9 Å². The molecule has 0 fully saturated rings. The minimum absolute atomic E-state index is 0. The van der Waals surface area contributed by atoms with Crippen molar-refractivity contribution in [1.29, 1.82) is 0 Å². The van der Waals surface area contributed by atoms with Crippen LogP contribution in [0.5, 0.6) is 5.75 Å². The first-order chi connectivity index (χ1) is 10.8. The van der Waals surface area contributed by atoms with Crippen LogP contribution in [0.2, 0.25) is 0 Å². The van der Waals surface area contributed by atoms with Gasteiger partial charge in [-0.15, -0.1) is 0 Å². The molecule has 0 aliphatic carbocycles. The fourth-order valence-corrected chi connectivity index (χ4v) is 2.12. The molecule has 0 atom stereocenters. The summed E-state index contributed by atoms with van der Waals surface area (Å²) in [5.74, 6) is -0.967. The van der Waals surface area contributed by atoms with Crippen LogP contribution in [0, 0.1) is 0 Å². The summed E-state index contributed by atoms with van der Waals surface area (Å²) in [6, 6.07) is 8.86. The number of rotatable bonds is 4. The van der Waals surface area contributed by atoms with Crippen LogP contribution in [0.4, 0.5) is 11.4 Å². The predicted octanol–water partition coefficient (Wildman–Crippen LogP) is -0.498. The molecule has 0 saturated heterocycles. The average Bonchev–Trinajstić information content (AvgIpc) is 2.53. The Bertz CT molecular complexity index is 865. The topological polar surface area (TPSA) is 128 Å². The van der Waals surface area contributed by atoms with Crippen molar-refractivity contribution in [2.45, 2.75) is 4.90 Å². The van der Waals surface area contributed by atoms with E-state index >= 15 is 0 Å². The second-order valence-electron chi connectivity index (χ2n) is 4.34. The van der Waals surface area contributed by atoms with Gasteiger partial charge in [0.25, 0.3) is 0 Å². The van der Waals surface area contributed by atoms with E-state index in [-0.39, 0.29) is 73.3 Å². The zero-order chi connectivity index (χ0) is 17.0. The minimum atomic E-state index is -4.51. The van der Waals surface area contributed by atoms with Crippen molar-refractivity contribution in [2.24, 2.45) is 10.2 Å². The summed E-state index contributed by atoms with van der Waals surface area (Å²) in [6.07, 6.45) is 0. The molecule has 0 aliphatic rings. The van der Waals surface area contributed by atoms with Gasteiger partial charge in [0.1, 0.15) is 21.4 Å². The number of hydrogen-bond acceptors (Lipinski definition) is 8. The summed E-state index contributed by atoms with van der Waals surface area (Å²) in [4.78, 5) is 11.1. The Labute approximate surface area is 180 Å². The molecule has 0 aliphatic heterocycles. The minimum Gasteiger partial charge on any atom is -0.744 e. The number of esters is 1. The molecule has 1 N–H and O–H groups in total. The molecule has 10 heteroatoms. The molecule has 0 saturated carbocycles. The van der Waals surface area contributed by atoms with E-state index in [2.05, 4.69) is 15.0 Å². The first-order valence-corrected chi connectivity index (χ1v) is 7.61. The number of nitrogens with zero attached hydrogens (tertiary/aromatic N) is 2. The van der Waals surface area contributed by atoms with Gasteiger partial charge < -0.3 is 14.4 Å². The Morgan fingerprint density at radius 2 is 1.62 bits per heavy atom. The Balaban J connectivity index is 0.00000288. The fourth-order valence-electron chi connectivity index (χ4n) is 1.65. The van der Waals surface area contributed by atoms with E-state index in [4.69, 9.17) is 0 Å². The average molecular weight is 374 g/mol. The predicted molar refractivity (Wildman–Crippen MR) is 78.0 cm³/mol.